The molecular weight excluding hydrogens is 229 g/mol. The first-order valence-corrected chi connectivity index (χ1v) is 4.89. The highest BCUT2D eigenvalue weighted by Crippen LogP contribution is 2.33. The number of halogens is 1. The first-order chi connectivity index (χ1) is 8.01. The largest absolute Gasteiger partial charge is 0.496 e. The van der Waals surface area contributed by atoms with Crippen LogP contribution < -0.4 is 15.2 Å². The molecule has 0 bridgehead atoms. The van der Waals surface area contributed by atoms with E-state index in [1.54, 1.807) is 0 Å². The van der Waals surface area contributed by atoms with E-state index in [0.717, 1.165) is 0 Å². The average molecular weight is 243 g/mol. The summed E-state index contributed by atoms with van der Waals surface area (Å²) in [6.45, 7) is 0. The Hall–Kier alpha value is -1.82. The van der Waals surface area contributed by atoms with Crippen LogP contribution in [0.5, 0.6) is 11.5 Å². The Balaban J connectivity index is 3.22. The van der Waals surface area contributed by atoms with Crippen LogP contribution in [0.3, 0.4) is 0 Å². The van der Waals surface area contributed by atoms with E-state index in [2.05, 4.69) is 0 Å². The third-order valence-corrected chi connectivity index (χ3v) is 2.31. The van der Waals surface area contributed by atoms with Gasteiger partial charge >= 0.3 is 5.97 Å². The normalized spacial score (nSPS) is 12.0. The van der Waals surface area contributed by atoms with Crippen molar-refractivity contribution in [3.63, 3.8) is 0 Å². The van der Waals surface area contributed by atoms with Gasteiger partial charge in [0.1, 0.15) is 5.75 Å². The number of methoxy groups -OCH3 is 2. The maximum Gasteiger partial charge on any atom is 0.305 e. The highest BCUT2D eigenvalue weighted by molar-refractivity contribution is 5.68. The molecule has 0 saturated heterocycles. The van der Waals surface area contributed by atoms with Gasteiger partial charge in [-0.3, -0.25) is 4.79 Å². The number of benzene rings is 1. The summed E-state index contributed by atoms with van der Waals surface area (Å²) >= 11 is 0. The lowest BCUT2D eigenvalue weighted by molar-refractivity contribution is -0.137. The zero-order valence-electron chi connectivity index (χ0n) is 9.57. The quantitative estimate of drug-likeness (QED) is 0.815. The van der Waals surface area contributed by atoms with Gasteiger partial charge in [0, 0.05) is 6.04 Å². The van der Waals surface area contributed by atoms with Crippen molar-refractivity contribution in [2.75, 3.05) is 14.2 Å². The minimum Gasteiger partial charge on any atom is -0.496 e. The van der Waals surface area contributed by atoms with Crippen LogP contribution >= 0.6 is 0 Å². The standard InChI is InChI=1S/C11H14FNO4/c1-16-7-3-4-8(17-2)11(12)10(7)6(13)5-9(14)15/h3-4,6H,5,13H2,1-2H3,(H,14,15). The molecule has 0 aliphatic carbocycles. The minimum absolute atomic E-state index is 0.00152. The van der Waals surface area contributed by atoms with Gasteiger partial charge in [-0.15, -0.1) is 0 Å². The monoisotopic (exact) mass is 243 g/mol. The van der Waals surface area contributed by atoms with E-state index in [1.807, 2.05) is 0 Å². The molecule has 1 aromatic rings. The molecule has 6 heteroatoms. The van der Waals surface area contributed by atoms with Crippen LogP contribution in [0.15, 0.2) is 12.1 Å². The fraction of sp³-hybridized carbons (Fsp3) is 0.364. The van der Waals surface area contributed by atoms with Crippen LogP contribution in [0.2, 0.25) is 0 Å². The summed E-state index contributed by atoms with van der Waals surface area (Å²) in [5, 5.41) is 8.65. The lowest BCUT2D eigenvalue weighted by Crippen LogP contribution is -2.17. The summed E-state index contributed by atoms with van der Waals surface area (Å²) in [5.41, 5.74) is 5.65. The van der Waals surface area contributed by atoms with Gasteiger partial charge in [-0.05, 0) is 12.1 Å². The van der Waals surface area contributed by atoms with E-state index in [-0.39, 0.29) is 23.5 Å². The Labute approximate surface area is 97.9 Å². The third kappa shape index (κ3) is 2.85. The van der Waals surface area contributed by atoms with Crippen molar-refractivity contribution in [3.05, 3.63) is 23.5 Å². The zero-order chi connectivity index (χ0) is 13.0. The van der Waals surface area contributed by atoms with E-state index >= 15 is 0 Å². The topological polar surface area (TPSA) is 81.8 Å². The molecule has 1 rings (SSSR count). The molecule has 1 unspecified atom stereocenters. The molecule has 17 heavy (non-hydrogen) atoms. The molecule has 0 aromatic heterocycles. The number of carboxylic acid groups (broad SMARTS) is 1. The van der Waals surface area contributed by atoms with Crippen molar-refractivity contribution in [2.24, 2.45) is 5.73 Å². The Kier molecular flexibility index (Phi) is 4.28. The molecule has 0 saturated carbocycles. The lowest BCUT2D eigenvalue weighted by Gasteiger charge is -2.16. The molecule has 1 aromatic carbocycles. The van der Waals surface area contributed by atoms with E-state index in [0.29, 0.717) is 0 Å². The van der Waals surface area contributed by atoms with Gasteiger partial charge in [0.25, 0.3) is 0 Å². The molecule has 0 radical (unpaired) electrons. The molecule has 3 N–H and O–H groups in total. The molecule has 5 nitrogen and oxygen atoms in total. The Morgan fingerprint density at radius 1 is 1.41 bits per heavy atom. The van der Waals surface area contributed by atoms with Crippen LogP contribution in [0.25, 0.3) is 0 Å². The van der Waals surface area contributed by atoms with Crippen molar-refractivity contribution < 1.29 is 23.8 Å². The van der Waals surface area contributed by atoms with Crippen molar-refractivity contribution >= 4 is 5.97 Å². The van der Waals surface area contributed by atoms with Gasteiger partial charge in [-0.2, -0.15) is 0 Å². The van der Waals surface area contributed by atoms with Crippen LogP contribution in [0, 0.1) is 5.82 Å². The number of aliphatic carboxylic acids is 1. The summed E-state index contributed by atoms with van der Waals surface area (Å²) in [7, 11) is 2.68. The van der Waals surface area contributed by atoms with Crippen molar-refractivity contribution in [1.82, 2.24) is 0 Å². The smallest absolute Gasteiger partial charge is 0.305 e. The van der Waals surface area contributed by atoms with Crippen molar-refractivity contribution in [3.8, 4) is 11.5 Å². The molecule has 0 heterocycles. The number of hydrogen-bond acceptors (Lipinski definition) is 4. The molecule has 1 atom stereocenters. The molecule has 0 amide bonds. The van der Waals surface area contributed by atoms with Crippen LogP contribution in [0.1, 0.15) is 18.0 Å². The number of rotatable bonds is 5. The average Bonchev–Trinajstić information content (AvgIpc) is 2.27. The fourth-order valence-corrected chi connectivity index (χ4v) is 1.53. The second kappa shape index (κ2) is 5.49. The number of carboxylic acids is 1. The number of hydrogen-bond donors (Lipinski definition) is 2. The highest BCUT2D eigenvalue weighted by atomic mass is 19.1. The molecule has 0 spiro atoms. The zero-order valence-corrected chi connectivity index (χ0v) is 9.57. The van der Waals surface area contributed by atoms with Gasteiger partial charge in [0.05, 0.1) is 26.2 Å². The van der Waals surface area contributed by atoms with E-state index in [4.69, 9.17) is 20.3 Å². The molecular formula is C11H14FNO4. The Morgan fingerprint density at radius 3 is 2.41 bits per heavy atom. The summed E-state index contributed by atoms with van der Waals surface area (Å²) < 4.78 is 23.7. The second-order valence-electron chi connectivity index (χ2n) is 3.40. The van der Waals surface area contributed by atoms with E-state index in [9.17, 15) is 9.18 Å². The second-order valence-corrected chi connectivity index (χ2v) is 3.40. The predicted octanol–water partition coefficient (Wildman–Crippen LogP) is 1.32. The summed E-state index contributed by atoms with van der Waals surface area (Å²) in [5.74, 6) is -1.60. The van der Waals surface area contributed by atoms with Crippen LogP contribution in [-0.2, 0) is 4.79 Å². The Bertz CT molecular complexity index is 422. The van der Waals surface area contributed by atoms with Gasteiger partial charge in [-0.25, -0.2) is 4.39 Å². The van der Waals surface area contributed by atoms with Crippen molar-refractivity contribution in [2.45, 2.75) is 12.5 Å². The molecule has 94 valence electrons. The molecule has 0 aliphatic heterocycles. The van der Waals surface area contributed by atoms with E-state index in [1.165, 1.54) is 26.4 Å². The van der Waals surface area contributed by atoms with Gasteiger partial charge in [0.15, 0.2) is 11.6 Å². The number of carbonyl (C=O) groups is 1. The summed E-state index contributed by atoms with van der Waals surface area (Å²) in [6, 6.07) is 1.89. The first-order valence-electron chi connectivity index (χ1n) is 4.89. The van der Waals surface area contributed by atoms with Crippen molar-refractivity contribution in [1.29, 1.82) is 0 Å². The minimum atomic E-state index is -1.11. The van der Waals surface area contributed by atoms with E-state index < -0.39 is 17.8 Å². The Morgan fingerprint density at radius 2 is 1.94 bits per heavy atom. The first kappa shape index (κ1) is 13.2. The fourth-order valence-electron chi connectivity index (χ4n) is 1.53. The molecule has 0 fully saturated rings. The number of ether oxygens (including phenoxy) is 2. The maximum atomic E-state index is 13.9. The van der Waals surface area contributed by atoms with Gasteiger partial charge in [-0.1, -0.05) is 0 Å². The lowest BCUT2D eigenvalue weighted by atomic mass is 10.0. The SMILES string of the molecule is COc1ccc(OC)c(C(N)CC(=O)O)c1F. The summed E-state index contributed by atoms with van der Waals surface area (Å²) in [4.78, 5) is 10.6. The third-order valence-electron chi connectivity index (χ3n) is 2.31. The van der Waals surface area contributed by atoms with Gasteiger partial charge in [0.2, 0.25) is 0 Å². The number of nitrogens with two attached hydrogens (primary N) is 1. The highest BCUT2D eigenvalue weighted by Gasteiger charge is 2.22. The predicted molar refractivity (Wildman–Crippen MR) is 58.7 cm³/mol. The maximum absolute atomic E-state index is 13.9. The van der Waals surface area contributed by atoms with Crippen LogP contribution in [-0.4, -0.2) is 25.3 Å². The summed E-state index contributed by atoms with van der Waals surface area (Å²) in [6.07, 6.45) is -0.388. The van der Waals surface area contributed by atoms with Gasteiger partial charge < -0.3 is 20.3 Å². The van der Waals surface area contributed by atoms with Crippen LogP contribution in [0.4, 0.5) is 4.39 Å². The molecule has 0 aliphatic rings.